The molecule has 0 spiro atoms. The third-order valence-electron chi connectivity index (χ3n) is 2.67. The molecule has 0 aliphatic carbocycles. The van der Waals surface area contributed by atoms with Crippen molar-refractivity contribution in [2.24, 2.45) is 0 Å². The van der Waals surface area contributed by atoms with E-state index in [0.717, 1.165) is 0 Å². The minimum atomic E-state index is -4.51. The van der Waals surface area contributed by atoms with E-state index in [1.807, 2.05) is 0 Å². The van der Waals surface area contributed by atoms with Crippen LogP contribution in [0.25, 0.3) is 0 Å². The van der Waals surface area contributed by atoms with Crippen LogP contribution in [-0.2, 0) is 6.54 Å². The molecule has 2 rings (SSSR count). The second-order valence-corrected chi connectivity index (χ2v) is 4.53. The van der Waals surface area contributed by atoms with E-state index < -0.39 is 18.8 Å². The van der Waals surface area contributed by atoms with Gasteiger partial charge in [0.05, 0.1) is 12.1 Å². The number of alkyl halides is 3. The van der Waals surface area contributed by atoms with Gasteiger partial charge in [-0.05, 0) is 18.2 Å². The number of nitriles is 1. The average Bonchev–Trinajstić information content (AvgIpc) is 3.04. The van der Waals surface area contributed by atoms with Crippen LogP contribution in [0, 0.1) is 11.3 Å². The number of hydrogen-bond donors (Lipinski definition) is 2. The Bertz CT molecular complexity index is 739. The van der Waals surface area contributed by atoms with Crippen LogP contribution in [-0.4, -0.2) is 24.0 Å². The summed E-state index contributed by atoms with van der Waals surface area (Å²) in [6, 6.07) is 6.42. The van der Waals surface area contributed by atoms with E-state index in [2.05, 4.69) is 25.1 Å². The van der Waals surface area contributed by atoms with Gasteiger partial charge in [0.25, 0.3) is 0 Å². The molecule has 0 radical (unpaired) electrons. The molecule has 0 aliphatic heterocycles. The minimum Gasteiger partial charge on any atom is -0.483 e. The number of hydrogen-bond acceptors (Lipinski definition) is 5. The molecule has 1 aromatic heterocycles. The van der Waals surface area contributed by atoms with Gasteiger partial charge < -0.3 is 19.9 Å². The molecule has 2 amide bonds. The molecule has 0 aliphatic rings. The summed E-state index contributed by atoms with van der Waals surface area (Å²) in [7, 11) is 0. The van der Waals surface area contributed by atoms with E-state index in [1.165, 1.54) is 24.5 Å². The molecule has 10 heteroatoms. The van der Waals surface area contributed by atoms with Gasteiger partial charge in [0.1, 0.15) is 23.8 Å². The Morgan fingerprint density at radius 3 is 2.79 bits per heavy atom. The number of carbonyl (C=O) groups excluding carboxylic acids is 1. The van der Waals surface area contributed by atoms with Crippen molar-refractivity contribution in [2.75, 3.05) is 11.9 Å². The van der Waals surface area contributed by atoms with Crippen LogP contribution in [0.15, 0.2) is 35.1 Å². The van der Waals surface area contributed by atoms with Crippen molar-refractivity contribution in [1.82, 2.24) is 10.5 Å². The Balaban J connectivity index is 1.96. The molecular weight excluding hydrogens is 329 g/mol. The number of amides is 2. The molecule has 0 unspecified atom stereocenters. The van der Waals surface area contributed by atoms with Crippen molar-refractivity contribution in [3.05, 3.63) is 41.8 Å². The molecule has 1 heterocycles. The van der Waals surface area contributed by atoms with Gasteiger partial charge >= 0.3 is 12.2 Å². The lowest BCUT2D eigenvalue weighted by molar-refractivity contribution is -0.153. The zero-order valence-electron chi connectivity index (χ0n) is 12.1. The summed E-state index contributed by atoms with van der Waals surface area (Å²) in [4.78, 5) is 11.7. The van der Waals surface area contributed by atoms with Crippen LogP contribution in [0.2, 0.25) is 0 Å². The molecule has 1 aromatic carbocycles. The minimum absolute atomic E-state index is 0.125. The second-order valence-electron chi connectivity index (χ2n) is 4.53. The quantitative estimate of drug-likeness (QED) is 0.872. The molecule has 2 N–H and O–H groups in total. The fourth-order valence-electron chi connectivity index (χ4n) is 1.66. The van der Waals surface area contributed by atoms with Crippen molar-refractivity contribution in [3.63, 3.8) is 0 Å². The van der Waals surface area contributed by atoms with Crippen molar-refractivity contribution < 1.29 is 27.2 Å². The topological polar surface area (TPSA) is 100 Å². The highest BCUT2D eigenvalue weighted by Crippen LogP contribution is 2.24. The smallest absolute Gasteiger partial charge is 0.422 e. The van der Waals surface area contributed by atoms with Crippen LogP contribution in [0.3, 0.4) is 0 Å². The molecule has 0 fully saturated rings. The molecule has 24 heavy (non-hydrogen) atoms. The predicted octanol–water partition coefficient (Wildman–Crippen LogP) is 2.81. The highest BCUT2D eigenvalue weighted by atomic mass is 19.4. The Labute approximate surface area is 134 Å². The van der Waals surface area contributed by atoms with Gasteiger partial charge in [0.15, 0.2) is 6.61 Å². The summed E-state index contributed by atoms with van der Waals surface area (Å²) in [5.41, 5.74) is 0.607. The lowest BCUT2D eigenvalue weighted by atomic mass is 10.2. The SMILES string of the molecule is N#Cc1cc(NC(=O)NCc2ccon2)ccc1OCC(F)(F)F. The van der Waals surface area contributed by atoms with E-state index in [9.17, 15) is 18.0 Å². The Morgan fingerprint density at radius 1 is 1.38 bits per heavy atom. The van der Waals surface area contributed by atoms with Crippen LogP contribution in [0.4, 0.5) is 23.7 Å². The maximum Gasteiger partial charge on any atom is 0.422 e. The predicted molar refractivity (Wildman–Crippen MR) is 75.1 cm³/mol. The van der Waals surface area contributed by atoms with E-state index >= 15 is 0 Å². The van der Waals surface area contributed by atoms with Crippen molar-refractivity contribution in [2.45, 2.75) is 12.7 Å². The molecule has 7 nitrogen and oxygen atoms in total. The van der Waals surface area contributed by atoms with Gasteiger partial charge in [-0.15, -0.1) is 0 Å². The number of nitrogens with zero attached hydrogens (tertiary/aromatic N) is 2. The number of ether oxygens (including phenoxy) is 1. The van der Waals surface area contributed by atoms with Crippen LogP contribution >= 0.6 is 0 Å². The van der Waals surface area contributed by atoms with Crippen LogP contribution in [0.1, 0.15) is 11.3 Å². The standard InChI is InChI=1S/C14H11F3N4O3/c15-14(16,17)8-23-12-2-1-10(5-9(12)6-18)20-13(22)19-7-11-3-4-24-21-11/h1-5H,7-8H2,(H2,19,20,22). The molecule has 0 atom stereocenters. The monoisotopic (exact) mass is 340 g/mol. The molecule has 0 saturated carbocycles. The number of anilines is 1. The van der Waals surface area contributed by atoms with Gasteiger partial charge in [0, 0.05) is 11.8 Å². The van der Waals surface area contributed by atoms with E-state index in [0.29, 0.717) is 5.69 Å². The largest absolute Gasteiger partial charge is 0.483 e. The van der Waals surface area contributed by atoms with Gasteiger partial charge in [-0.2, -0.15) is 18.4 Å². The van der Waals surface area contributed by atoms with Gasteiger partial charge in [-0.3, -0.25) is 0 Å². The average molecular weight is 340 g/mol. The van der Waals surface area contributed by atoms with Crippen LogP contribution in [0.5, 0.6) is 5.75 Å². The molecule has 126 valence electrons. The Hall–Kier alpha value is -3.22. The van der Waals surface area contributed by atoms with E-state index in [1.54, 1.807) is 12.1 Å². The first kappa shape index (κ1) is 17.1. The molecule has 0 saturated heterocycles. The fraction of sp³-hybridized carbons (Fsp3) is 0.214. The highest BCUT2D eigenvalue weighted by molar-refractivity contribution is 5.89. The maximum atomic E-state index is 12.1. The normalized spacial score (nSPS) is 10.8. The number of halogens is 3. The Morgan fingerprint density at radius 2 is 2.17 bits per heavy atom. The summed E-state index contributed by atoms with van der Waals surface area (Å²) in [6.45, 7) is -1.38. The number of carbonyl (C=O) groups is 1. The number of rotatable bonds is 5. The lowest BCUT2D eigenvalue weighted by Gasteiger charge is -2.12. The van der Waals surface area contributed by atoms with Crippen LogP contribution < -0.4 is 15.4 Å². The third kappa shape index (κ3) is 5.20. The van der Waals surface area contributed by atoms with Crippen molar-refractivity contribution in [1.29, 1.82) is 5.26 Å². The summed E-state index contributed by atoms with van der Waals surface area (Å²) in [5, 5.41) is 17.5. The summed E-state index contributed by atoms with van der Waals surface area (Å²) in [6.07, 6.45) is -3.15. The first-order valence-corrected chi connectivity index (χ1v) is 6.55. The number of aromatic nitrogens is 1. The fourth-order valence-corrected chi connectivity index (χ4v) is 1.66. The van der Waals surface area contributed by atoms with Gasteiger partial charge in [-0.25, -0.2) is 4.79 Å². The number of nitrogens with one attached hydrogen (secondary N) is 2. The van der Waals surface area contributed by atoms with Crippen molar-refractivity contribution in [3.8, 4) is 11.8 Å². The lowest BCUT2D eigenvalue weighted by Crippen LogP contribution is -2.28. The number of urea groups is 1. The van der Waals surface area contributed by atoms with E-state index in [-0.39, 0.29) is 23.5 Å². The zero-order valence-corrected chi connectivity index (χ0v) is 12.1. The number of benzene rings is 1. The first-order valence-electron chi connectivity index (χ1n) is 6.55. The van der Waals surface area contributed by atoms with Crippen molar-refractivity contribution >= 4 is 11.7 Å². The molecule has 2 aromatic rings. The molecule has 0 bridgehead atoms. The third-order valence-corrected chi connectivity index (χ3v) is 2.67. The van der Waals surface area contributed by atoms with E-state index in [4.69, 9.17) is 5.26 Å². The zero-order chi connectivity index (χ0) is 17.6. The Kier molecular flexibility index (Phi) is 5.26. The summed E-state index contributed by atoms with van der Waals surface area (Å²) >= 11 is 0. The molecular formula is C14H11F3N4O3. The first-order chi connectivity index (χ1) is 11.4. The highest BCUT2D eigenvalue weighted by Gasteiger charge is 2.28. The summed E-state index contributed by atoms with van der Waals surface area (Å²) < 4.78 is 45.6. The van der Waals surface area contributed by atoms with Gasteiger partial charge in [-0.1, -0.05) is 5.16 Å². The second kappa shape index (κ2) is 7.36. The maximum absolute atomic E-state index is 12.1. The summed E-state index contributed by atoms with van der Waals surface area (Å²) in [5.74, 6) is -0.219. The van der Waals surface area contributed by atoms with Gasteiger partial charge in [0.2, 0.25) is 0 Å².